The number of rotatable bonds is 1. The lowest BCUT2D eigenvalue weighted by molar-refractivity contribution is -0.375. The first-order valence-corrected chi connectivity index (χ1v) is 5.52. The third-order valence-corrected chi connectivity index (χ3v) is 4.35. The SMILES string of the molecule is FC(F)(F)C1(CCl)O[C@@H]2[C@H]1[C@H]1C=C[C@@H]2C1. The van der Waals surface area contributed by atoms with Crippen molar-refractivity contribution in [2.45, 2.75) is 24.3 Å². The van der Waals surface area contributed by atoms with E-state index in [-0.39, 0.29) is 17.9 Å². The molecule has 2 bridgehead atoms. The number of allylic oxidation sites excluding steroid dienone is 1. The molecule has 1 aliphatic heterocycles. The second-order valence-electron chi connectivity index (χ2n) is 4.58. The van der Waals surface area contributed by atoms with Crippen LogP contribution in [0.1, 0.15) is 6.42 Å². The molecule has 5 atom stereocenters. The molecule has 0 aromatic rings. The second kappa shape index (κ2) is 2.72. The fourth-order valence-corrected chi connectivity index (χ4v) is 3.64. The van der Waals surface area contributed by atoms with E-state index in [0.29, 0.717) is 0 Å². The van der Waals surface area contributed by atoms with Gasteiger partial charge in [0.15, 0.2) is 5.60 Å². The van der Waals surface area contributed by atoms with Gasteiger partial charge in [0.05, 0.1) is 12.0 Å². The largest absolute Gasteiger partial charge is 0.419 e. The molecule has 0 amide bonds. The van der Waals surface area contributed by atoms with Gasteiger partial charge in [-0.15, -0.1) is 11.6 Å². The highest BCUT2D eigenvalue weighted by Gasteiger charge is 2.74. The molecule has 1 nitrogen and oxygen atoms in total. The van der Waals surface area contributed by atoms with Gasteiger partial charge in [-0.2, -0.15) is 13.2 Å². The van der Waals surface area contributed by atoms with Crippen LogP contribution in [0.4, 0.5) is 13.2 Å². The summed E-state index contributed by atoms with van der Waals surface area (Å²) in [6.45, 7) is 0. The number of halogens is 4. The molecule has 2 aliphatic carbocycles. The number of hydrogen-bond acceptors (Lipinski definition) is 1. The maximum atomic E-state index is 12.9. The second-order valence-corrected chi connectivity index (χ2v) is 4.84. The van der Waals surface area contributed by atoms with E-state index in [1.54, 1.807) is 0 Å². The molecule has 0 aromatic carbocycles. The Morgan fingerprint density at radius 1 is 1.33 bits per heavy atom. The van der Waals surface area contributed by atoms with Crippen molar-refractivity contribution >= 4 is 11.6 Å². The number of hydrogen-bond donors (Lipinski definition) is 0. The zero-order chi connectivity index (χ0) is 10.8. The average Bonchev–Trinajstić information content (AvgIpc) is 2.59. The summed E-state index contributed by atoms with van der Waals surface area (Å²) >= 11 is 5.48. The van der Waals surface area contributed by atoms with Gasteiger partial charge in [-0.1, -0.05) is 12.2 Å². The van der Waals surface area contributed by atoms with Crippen LogP contribution in [0, 0.1) is 17.8 Å². The molecule has 5 heteroatoms. The van der Waals surface area contributed by atoms with Gasteiger partial charge < -0.3 is 4.74 Å². The first-order valence-electron chi connectivity index (χ1n) is 4.98. The number of alkyl halides is 4. The van der Waals surface area contributed by atoms with Gasteiger partial charge in [0.1, 0.15) is 0 Å². The van der Waals surface area contributed by atoms with E-state index in [4.69, 9.17) is 16.3 Å². The highest BCUT2D eigenvalue weighted by atomic mass is 35.5. The first-order chi connectivity index (χ1) is 6.99. The molecule has 1 saturated carbocycles. The van der Waals surface area contributed by atoms with Gasteiger partial charge in [-0.3, -0.25) is 0 Å². The molecule has 1 unspecified atom stereocenters. The Kier molecular flexibility index (Phi) is 1.81. The van der Waals surface area contributed by atoms with Crippen molar-refractivity contribution in [2.75, 3.05) is 5.88 Å². The quantitative estimate of drug-likeness (QED) is 0.504. The molecule has 84 valence electrons. The van der Waals surface area contributed by atoms with Gasteiger partial charge >= 0.3 is 6.18 Å². The zero-order valence-electron chi connectivity index (χ0n) is 7.80. The summed E-state index contributed by atoms with van der Waals surface area (Å²) in [6, 6.07) is 0. The van der Waals surface area contributed by atoms with Gasteiger partial charge in [0, 0.05) is 11.8 Å². The number of fused-ring (bicyclic) bond motifs is 5. The standard InChI is InChI=1S/C10H10ClF3O/c11-4-9(10(12,13)14)7-5-1-2-6(3-5)8(7)15-9/h1-2,5-8H,3-4H2/t5-,6+,7+,8-,9?/m0/s1. The minimum atomic E-state index is -4.35. The highest BCUT2D eigenvalue weighted by Crippen LogP contribution is 2.63. The molecule has 1 heterocycles. The molecule has 0 aromatic heterocycles. The third kappa shape index (κ3) is 0.998. The summed E-state index contributed by atoms with van der Waals surface area (Å²) in [5.74, 6) is -0.757. The van der Waals surface area contributed by atoms with E-state index < -0.39 is 23.6 Å². The molecule has 0 radical (unpaired) electrons. The smallest absolute Gasteiger partial charge is 0.360 e. The van der Waals surface area contributed by atoms with Crippen LogP contribution in [0.25, 0.3) is 0 Å². The zero-order valence-corrected chi connectivity index (χ0v) is 8.55. The Balaban J connectivity index is 1.94. The summed E-state index contributed by atoms with van der Waals surface area (Å²) < 4.78 is 43.7. The minimum Gasteiger partial charge on any atom is -0.360 e. The molecule has 15 heavy (non-hydrogen) atoms. The van der Waals surface area contributed by atoms with Crippen LogP contribution in [-0.2, 0) is 4.74 Å². The molecule has 3 aliphatic rings. The van der Waals surface area contributed by atoms with Crippen molar-refractivity contribution in [1.29, 1.82) is 0 Å². The molecule has 1 saturated heterocycles. The van der Waals surface area contributed by atoms with Crippen LogP contribution < -0.4 is 0 Å². The maximum Gasteiger partial charge on any atom is 0.419 e. The van der Waals surface area contributed by atoms with E-state index in [0.717, 1.165) is 6.42 Å². The minimum absolute atomic E-state index is 0.00845. The van der Waals surface area contributed by atoms with E-state index in [2.05, 4.69) is 0 Å². The van der Waals surface area contributed by atoms with Crippen molar-refractivity contribution in [2.24, 2.45) is 17.8 Å². The normalized spacial score (nSPS) is 51.7. The topological polar surface area (TPSA) is 9.23 Å². The van der Waals surface area contributed by atoms with Gasteiger partial charge in [0.25, 0.3) is 0 Å². The summed E-state index contributed by atoms with van der Waals surface area (Å²) in [5.41, 5.74) is -2.08. The fraction of sp³-hybridized carbons (Fsp3) is 0.800. The van der Waals surface area contributed by atoms with Crippen molar-refractivity contribution in [3.8, 4) is 0 Å². The van der Waals surface area contributed by atoms with Gasteiger partial charge in [-0.05, 0) is 12.3 Å². The van der Waals surface area contributed by atoms with Crippen molar-refractivity contribution in [3.63, 3.8) is 0 Å². The van der Waals surface area contributed by atoms with Crippen LogP contribution in [0.3, 0.4) is 0 Å². The Bertz CT molecular complexity index is 327. The average molecular weight is 239 g/mol. The predicted octanol–water partition coefficient (Wildman–Crippen LogP) is 2.75. The Hall–Kier alpha value is -0.220. The summed E-state index contributed by atoms with van der Waals surface area (Å²) in [7, 11) is 0. The molecule has 3 rings (SSSR count). The van der Waals surface area contributed by atoms with Crippen molar-refractivity contribution < 1.29 is 17.9 Å². The van der Waals surface area contributed by atoms with Gasteiger partial charge in [-0.25, -0.2) is 0 Å². The molecular formula is C10H10ClF3O. The van der Waals surface area contributed by atoms with E-state index in [1.165, 1.54) is 0 Å². The Morgan fingerprint density at radius 2 is 2.00 bits per heavy atom. The summed E-state index contributed by atoms with van der Waals surface area (Å²) in [6.07, 6.45) is 0.0559. The Labute approximate surface area is 90.2 Å². The van der Waals surface area contributed by atoms with Crippen LogP contribution >= 0.6 is 11.6 Å². The maximum absolute atomic E-state index is 12.9. The fourth-order valence-electron chi connectivity index (χ4n) is 3.25. The van der Waals surface area contributed by atoms with Crippen molar-refractivity contribution in [1.82, 2.24) is 0 Å². The molecular weight excluding hydrogens is 229 g/mol. The van der Waals surface area contributed by atoms with Crippen LogP contribution in [0.15, 0.2) is 12.2 Å². The lowest BCUT2D eigenvalue weighted by atomic mass is 9.71. The monoisotopic (exact) mass is 238 g/mol. The molecule has 0 N–H and O–H groups in total. The number of ether oxygens (including phenoxy) is 1. The van der Waals surface area contributed by atoms with E-state index >= 15 is 0 Å². The molecule has 2 fully saturated rings. The van der Waals surface area contributed by atoms with Crippen LogP contribution in [-0.4, -0.2) is 23.8 Å². The summed E-state index contributed by atoms with van der Waals surface area (Å²) in [5, 5.41) is 0. The third-order valence-electron chi connectivity index (χ3n) is 3.95. The Morgan fingerprint density at radius 3 is 2.53 bits per heavy atom. The highest BCUT2D eigenvalue weighted by molar-refractivity contribution is 6.18. The first kappa shape index (κ1) is 9.97. The lowest BCUT2D eigenvalue weighted by Crippen LogP contribution is -2.70. The van der Waals surface area contributed by atoms with Crippen LogP contribution in [0.2, 0.25) is 0 Å². The summed E-state index contributed by atoms with van der Waals surface area (Å²) in [4.78, 5) is 0. The van der Waals surface area contributed by atoms with E-state index in [1.807, 2.05) is 12.2 Å². The van der Waals surface area contributed by atoms with E-state index in [9.17, 15) is 13.2 Å². The van der Waals surface area contributed by atoms with Crippen molar-refractivity contribution in [3.05, 3.63) is 12.2 Å². The van der Waals surface area contributed by atoms with Gasteiger partial charge in [0.2, 0.25) is 0 Å². The lowest BCUT2D eigenvalue weighted by Gasteiger charge is -2.55. The molecule has 0 spiro atoms. The predicted molar refractivity (Wildman–Crippen MR) is 48.6 cm³/mol. The van der Waals surface area contributed by atoms with Crippen LogP contribution in [0.5, 0.6) is 0 Å².